The molecule has 0 unspecified atom stereocenters. The Morgan fingerprint density at radius 3 is 2.93 bits per heavy atom. The molecule has 0 bridgehead atoms. The van der Waals surface area contributed by atoms with Crippen LogP contribution in [0.4, 0.5) is 5.82 Å². The van der Waals surface area contributed by atoms with Gasteiger partial charge in [0.15, 0.2) is 0 Å². The highest BCUT2D eigenvalue weighted by atomic mass is 35.5. The summed E-state index contributed by atoms with van der Waals surface area (Å²) in [6.07, 6.45) is 4.14. The molecular weight excluding hydrogens is 196 g/mol. The fourth-order valence-electron chi connectivity index (χ4n) is 1.23. The minimum atomic E-state index is 0.692. The zero-order valence-corrected chi connectivity index (χ0v) is 9.51. The predicted molar refractivity (Wildman–Crippen MR) is 61.8 cm³/mol. The van der Waals surface area contributed by atoms with Crippen LogP contribution in [0, 0.1) is 5.92 Å². The minimum absolute atomic E-state index is 0.692. The highest BCUT2D eigenvalue weighted by Crippen LogP contribution is 2.17. The van der Waals surface area contributed by atoms with Gasteiger partial charge in [0.1, 0.15) is 5.82 Å². The summed E-state index contributed by atoms with van der Waals surface area (Å²) in [6.45, 7) is 5.40. The molecule has 0 saturated carbocycles. The molecule has 2 nitrogen and oxygen atoms in total. The summed E-state index contributed by atoms with van der Waals surface area (Å²) in [7, 11) is 0. The number of halogens is 1. The number of rotatable bonds is 5. The second kappa shape index (κ2) is 5.86. The molecule has 0 aromatic carbocycles. The van der Waals surface area contributed by atoms with Gasteiger partial charge in [0.2, 0.25) is 0 Å². The molecule has 1 aromatic heterocycles. The number of anilines is 1. The number of hydrogen-bond acceptors (Lipinski definition) is 2. The first-order valence-electron chi connectivity index (χ1n) is 5.04. The monoisotopic (exact) mass is 212 g/mol. The first-order valence-corrected chi connectivity index (χ1v) is 5.42. The molecule has 0 fully saturated rings. The van der Waals surface area contributed by atoms with Gasteiger partial charge in [-0.2, -0.15) is 0 Å². The topological polar surface area (TPSA) is 24.9 Å². The van der Waals surface area contributed by atoms with Crippen molar-refractivity contribution in [1.82, 2.24) is 4.98 Å². The van der Waals surface area contributed by atoms with E-state index in [1.54, 1.807) is 6.20 Å². The van der Waals surface area contributed by atoms with Gasteiger partial charge in [-0.25, -0.2) is 4.98 Å². The third kappa shape index (κ3) is 3.97. The van der Waals surface area contributed by atoms with Crippen molar-refractivity contribution in [2.75, 3.05) is 11.9 Å². The Morgan fingerprint density at radius 2 is 2.29 bits per heavy atom. The average Bonchev–Trinajstić information content (AvgIpc) is 2.15. The van der Waals surface area contributed by atoms with Crippen molar-refractivity contribution in [1.29, 1.82) is 0 Å². The molecule has 0 aliphatic heterocycles. The zero-order chi connectivity index (χ0) is 10.4. The third-order valence-corrected chi connectivity index (χ3v) is 2.31. The van der Waals surface area contributed by atoms with Crippen LogP contribution in [0.2, 0.25) is 5.02 Å². The van der Waals surface area contributed by atoms with E-state index in [0.29, 0.717) is 5.02 Å². The summed E-state index contributed by atoms with van der Waals surface area (Å²) in [5.41, 5.74) is 0. The summed E-state index contributed by atoms with van der Waals surface area (Å²) in [6, 6.07) is 3.68. The van der Waals surface area contributed by atoms with Crippen molar-refractivity contribution in [3.8, 4) is 0 Å². The Balaban J connectivity index is 2.28. The molecule has 78 valence electrons. The number of nitrogens with one attached hydrogen (secondary N) is 1. The first kappa shape index (κ1) is 11.3. The first-order chi connectivity index (χ1) is 6.70. The summed E-state index contributed by atoms with van der Waals surface area (Å²) < 4.78 is 0. The van der Waals surface area contributed by atoms with Crippen LogP contribution in [0.25, 0.3) is 0 Å². The van der Waals surface area contributed by atoms with E-state index in [9.17, 15) is 0 Å². The van der Waals surface area contributed by atoms with Gasteiger partial charge in [0, 0.05) is 12.7 Å². The standard InChI is InChI=1S/C11H17ClN2/c1-9(2)5-3-7-13-11-10(12)6-4-8-14-11/h4,6,8-9H,3,5,7H2,1-2H3,(H,13,14). The van der Waals surface area contributed by atoms with E-state index < -0.39 is 0 Å². The van der Waals surface area contributed by atoms with Gasteiger partial charge in [-0.1, -0.05) is 25.4 Å². The lowest BCUT2D eigenvalue weighted by atomic mass is 10.1. The molecule has 0 atom stereocenters. The highest BCUT2D eigenvalue weighted by molar-refractivity contribution is 6.32. The van der Waals surface area contributed by atoms with Gasteiger partial charge >= 0.3 is 0 Å². The van der Waals surface area contributed by atoms with E-state index in [2.05, 4.69) is 24.1 Å². The average molecular weight is 213 g/mol. The Labute approximate surface area is 90.7 Å². The Bertz CT molecular complexity index is 274. The summed E-state index contributed by atoms with van der Waals surface area (Å²) in [5, 5.41) is 3.92. The summed E-state index contributed by atoms with van der Waals surface area (Å²) in [4.78, 5) is 4.15. The molecule has 3 heteroatoms. The van der Waals surface area contributed by atoms with E-state index >= 15 is 0 Å². The van der Waals surface area contributed by atoms with Crippen LogP contribution in [0.5, 0.6) is 0 Å². The number of nitrogens with zero attached hydrogens (tertiary/aromatic N) is 1. The second-order valence-electron chi connectivity index (χ2n) is 3.80. The molecule has 1 N–H and O–H groups in total. The smallest absolute Gasteiger partial charge is 0.144 e. The maximum Gasteiger partial charge on any atom is 0.144 e. The van der Waals surface area contributed by atoms with Crippen LogP contribution in [-0.4, -0.2) is 11.5 Å². The zero-order valence-electron chi connectivity index (χ0n) is 8.76. The highest BCUT2D eigenvalue weighted by Gasteiger charge is 1.99. The molecule has 0 spiro atoms. The van der Waals surface area contributed by atoms with Gasteiger partial charge in [-0.3, -0.25) is 0 Å². The van der Waals surface area contributed by atoms with Gasteiger partial charge in [-0.15, -0.1) is 0 Å². The largest absolute Gasteiger partial charge is 0.369 e. The maximum atomic E-state index is 5.94. The van der Waals surface area contributed by atoms with E-state index in [1.165, 1.54) is 6.42 Å². The third-order valence-electron chi connectivity index (χ3n) is 2.01. The second-order valence-corrected chi connectivity index (χ2v) is 4.20. The van der Waals surface area contributed by atoms with E-state index in [4.69, 9.17) is 11.6 Å². The maximum absolute atomic E-state index is 5.94. The van der Waals surface area contributed by atoms with Crippen molar-refractivity contribution >= 4 is 17.4 Å². The minimum Gasteiger partial charge on any atom is -0.369 e. The Morgan fingerprint density at radius 1 is 1.50 bits per heavy atom. The molecule has 0 amide bonds. The molecule has 0 aliphatic carbocycles. The van der Waals surface area contributed by atoms with Crippen LogP contribution < -0.4 is 5.32 Å². The summed E-state index contributed by atoms with van der Waals surface area (Å²) in [5.74, 6) is 1.55. The molecule has 0 radical (unpaired) electrons. The molecule has 1 rings (SSSR count). The van der Waals surface area contributed by atoms with Crippen molar-refractivity contribution in [2.24, 2.45) is 5.92 Å². The van der Waals surface area contributed by atoms with Crippen LogP contribution in [0.1, 0.15) is 26.7 Å². The fourth-order valence-corrected chi connectivity index (χ4v) is 1.42. The van der Waals surface area contributed by atoms with Crippen molar-refractivity contribution in [3.63, 3.8) is 0 Å². The van der Waals surface area contributed by atoms with E-state index in [1.807, 2.05) is 12.1 Å². The molecule has 14 heavy (non-hydrogen) atoms. The molecule has 0 aliphatic rings. The Hall–Kier alpha value is -0.760. The predicted octanol–water partition coefficient (Wildman–Crippen LogP) is 3.58. The van der Waals surface area contributed by atoms with Crippen LogP contribution in [-0.2, 0) is 0 Å². The van der Waals surface area contributed by atoms with Crippen LogP contribution in [0.15, 0.2) is 18.3 Å². The normalized spacial score (nSPS) is 10.6. The fraction of sp³-hybridized carbons (Fsp3) is 0.545. The van der Waals surface area contributed by atoms with Gasteiger partial charge in [0.25, 0.3) is 0 Å². The number of hydrogen-bond donors (Lipinski definition) is 1. The number of aromatic nitrogens is 1. The Kier molecular flexibility index (Phi) is 4.74. The SMILES string of the molecule is CC(C)CCCNc1ncccc1Cl. The van der Waals surface area contributed by atoms with Crippen LogP contribution in [0.3, 0.4) is 0 Å². The van der Waals surface area contributed by atoms with Crippen molar-refractivity contribution in [2.45, 2.75) is 26.7 Å². The molecule has 1 aromatic rings. The molecular formula is C11H17ClN2. The lowest BCUT2D eigenvalue weighted by Gasteiger charge is -2.07. The van der Waals surface area contributed by atoms with Gasteiger partial charge in [0.05, 0.1) is 5.02 Å². The van der Waals surface area contributed by atoms with Gasteiger partial charge < -0.3 is 5.32 Å². The lowest BCUT2D eigenvalue weighted by molar-refractivity contribution is 0.566. The van der Waals surface area contributed by atoms with Crippen molar-refractivity contribution < 1.29 is 0 Å². The van der Waals surface area contributed by atoms with E-state index in [0.717, 1.165) is 24.7 Å². The van der Waals surface area contributed by atoms with Gasteiger partial charge in [-0.05, 0) is 30.9 Å². The van der Waals surface area contributed by atoms with Crippen LogP contribution >= 0.6 is 11.6 Å². The molecule has 1 heterocycles. The summed E-state index contributed by atoms with van der Waals surface area (Å²) >= 11 is 5.94. The number of pyridine rings is 1. The molecule has 0 saturated heterocycles. The van der Waals surface area contributed by atoms with Crippen molar-refractivity contribution in [3.05, 3.63) is 23.4 Å². The quantitative estimate of drug-likeness (QED) is 0.755. The van der Waals surface area contributed by atoms with E-state index in [-0.39, 0.29) is 0 Å². The lowest BCUT2D eigenvalue weighted by Crippen LogP contribution is -2.04.